The van der Waals surface area contributed by atoms with E-state index < -0.39 is 37.0 Å². The van der Waals surface area contributed by atoms with Crippen LogP contribution in [0.4, 0.5) is 5.82 Å². The molecule has 4 rings (SSSR count). The fourth-order valence-electron chi connectivity index (χ4n) is 3.21. The molecule has 1 amide bonds. The summed E-state index contributed by atoms with van der Waals surface area (Å²) in [7, 11) is 0. The van der Waals surface area contributed by atoms with E-state index in [0.29, 0.717) is 21.7 Å². The number of aliphatic hydroxyl groups excluding tert-OH is 2. The Morgan fingerprint density at radius 2 is 2.18 bits per heavy atom. The van der Waals surface area contributed by atoms with Gasteiger partial charge in [0.15, 0.2) is 17.7 Å². The molecular formula is C17H17ClN6O4. The molecule has 11 heteroatoms. The number of nitrogens with one attached hydrogen (secondary N) is 1. The first-order chi connectivity index (χ1) is 13.5. The lowest BCUT2D eigenvalue weighted by Gasteiger charge is -2.23. The Morgan fingerprint density at radius 3 is 2.93 bits per heavy atom. The summed E-state index contributed by atoms with van der Waals surface area (Å²) < 4.78 is 7.31. The van der Waals surface area contributed by atoms with Gasteiger partial charge in [0, 0.05) is 10.6 Å². The average Bonchev–Trinajstić information content (AvgIpc) is 3.24. The largest absolute Gasteiger partial charge is 0.394 e. The van der Waals surface area contributed by atoms with Crippen molar-refractivity contribution in [3.05, 3.63) is 47.5 Å². The predicted molar refractivity (Wildman–Crippen MR) is 99.4 cm³/mol. The number of ether oxygens (including phenoxy) is 1. The smallest absolute Gasteiger partial charge is 0.251 e. The van der Waals surface area contributed by atoms with E-state index in [1.54, 1.807) is 18.2 Å². The lowest BCUT2D eigenvalue weighted by Crippen LogP contribution is -2.46. The Bertz CT molecular complexity index is 1030. The van der Waals surface area contributed by atoms with E-state index in [0.717, 1.165) is 0 Å². The van der Waals surface area contributed by atoms with E-state index in [1.165, 1.54) is 23.3 Å². The van der Waals surface area contributed by atoms with Crippen LogP contribution in [0.15, 0.2) is 36.9 Å². The Morgan fingerprint density at radius 1 is 1.36 bits per heavy atom. The number of carbonyl (C=O) groups is 1. The molecule has 0 saturated carbocycles. The van der Waals surface area contributed by atoms with Gasteiger partial charge in [0.25, 0.3) is 5.91 Å². The number of nitrogens with zero attached hydrogens (tertiary/aromatic N) is 4. The maximum atomic E-state index is 12.7. The summed E-state index contributed by atoms with van der Waals surface area (Å²) in [6.45, 7) is -0.426. The second kappa shape index (κ2) is 7.32. The minimum Gasteiger partial charge on any atom is -0.394 e. The number of rotatable bonds is 4. The topological polar surface area (TPSA) is 148 Å². The second-order valence-corrected chi connectivity index (χ2v) is 6.77. The summed E-state index contributed by atoms with van der Waals surface area (Å²) in [4.78, 5) is 24.9. The van der Waals surface area contributed by atoms with Crippen LogP contribution >= 0.6 is 11.6 Å². The van der Waals surface area contributed by atoms with Crippen molar-refractivity contribution in [3.8, 4) is 0 Å². The lowest BCUT2D eigenvalue weighted by molar-refractivity contribution is -0.0440. The molecule has 0 radical (unpaired) electrons. The van der Waals surface area contributed by atoms with E-state index in [-0.39, 0.29) is 5.82 Å². The van der Waals surface area contributed by atoms with E-state index in [4.69, 9.17) is 22.1 Å². The standard InChI is InChI=1S/C17H17ClN6O4/c18-9-3-1-2-8(4-9)16(27)23-11-13(26)10(5-25)28-17(11)24-7-22-12-14(19)20-6-21-15(12)24/h1-4,6-7,10-11,13,17,25-26H,5H2,(H,23,27)(H2,19,20,21)/t10-,11-,13-,17-/m1/s1. The molecule has 5 N–H and O–H groups in total. The first kappa shape index (κ1) is 18.6. The van der Waals surface area contributed by atoms with Crippen LogP contribution in [0.3, 0.4) is 0 Å². The van der Waals surface area contributed by atoms with Crippen LogP contribution in [0.25, 0.3) is 11.2 Å². The summed E-state index contributed by atoms with van der Waals surface area (Å²) >= 11 is 5.94. The third-order valence-electron chi connectivity index (χ3n) is 4.60. The Balaban J connectivity index is 1.68. The van der Waals surface area contributed by atoms with Crippen LogP contribution in [0.1, 0.15) is 16.6 Å². The number of hydrogen-bond donors (Lipinski definition) is 4. The van der Waals surface area contributed by atoms with Gasteiger partial charge >= 0.3 is 0 Å². The first-order valence-electron chi connectivity index (χ1n) is 8.43. The molecule has 1 aliphatic rings. The second-order valence-electron chi connectivity index (χ2n) is 6.33. The monoisotopic (exact) mass is 404 g/mol. The summed E-state index contributed by atoms with van der Waals surface area (Å²) in [6, 6.07) is 5.53. The average molecular weight is 405 g/mol. The molecular weight excluding hydrogens is 388 g/mol. The molecule has 3 aromatic rings. The van der Waals surface area contributed by atoms with Crippen molar-refractivity contribution in [2.45, 2.75) is 24.5 Å². The van der Waals surface area contributed by atoms with Gasteiger partial charge in [-0.2, -0.15) is 0 Å². The SMILES string of the molecule is Nc1ncnc2c1ncn2[C@@H]1O[C@H](CO)[C@@H](O)[C@H]1NC(=O)c1cccc(Cl)c1. The molecule has 1 aliphatic heterocycles. The van der Waals surface area contributed by atoms with Gasteiger partial charge in [-0.25, -0.2) is 15.0 Å². The van der Waals surface area contributed by atoms with Crippen LogP contribution in [-0.2, 0) is 4.74 Å². The predicted octanol–water partition coefficient (Wildman–Crippen LogP) is 0.111. The number of fused-ring (bicyclic) bond motifs is 1. The van der Waals surface area contributed by atoms with Crippen molar-refractivity contribution in [1.82, 2.24) is 24.8 Å². The van der Waals surface area contributed by atoms with Crippen LogP contribution in [0, 0.1) is 0 Å². The summed E-state index contributed by atoms with van der Waals surface area (Å²) in [5.74, 6) is -0.252. The molecule has 1 saturated heterocycles. The minimum absolute atomic E-state index is 0.195. The molecule has 0 spiro atoms. The van der Waals surface area contributed by atoms with Gasteiger partial charge in [-0.1, -0.05) is 17.7 Å². The van der Waals surface area contributed by atoms with Crippen LogP contribution in [0.5, 0.6) is 0 Å². The summed E-state index contributed by atoms with van der Waals surface area (Å²) in [5, 5.41) is 23.3. The number of amides is 1. The number of halogens is 1. The number of imidazole rings is 1. The normalized spacial score (nSPS) is 24.5. The van der Waals surface area contributed by atoms with Crippen LogP contribution in [-0.4, -0.2) is 60.5 Å². The number of carbonyl (C=O) groups excluding carboxylic acids is 1. The molecule has 4 atom stereocenters. The molecule has 3 heterocycles. The quantitative estimate of drug-likeness (QED) is 0.478. The van der Waals surface area contributed by atoms with Crippen LogP contribution < -0.4 is 11.1 Å². The highest BCUT2D eigenvalue weighted by Gasteiger charge is 2.45. The van der Waals surface area contributed by atoms with Crippen molar-refractivity contribution in [2.75, 3.05) is 12.3 Å². The fourth-order valence-corrected chi connectivity index (χ4v) is 3.40. The highest BCUT2D eigenvalue weighted by Crippen LogP contribution is 2.32. The summed E-state index contributed by atoms with van der Waals surface area (Å²) in [6.07, 6.45) is -0.203. The molecule has 0 aliphatic carbocycles. The fraction of sp³-hybridized carbons (Fsp3) is 0.294. The maximum Gasteiger partial charge on any atom is 0.251 e. The van der Waals surface area contributed by atoms with Crippen molar-refractivity contribution >= 4 is 34.5 Å². The molecule has 1 aromatic carbocycles. The number of hydrogen-bond acceptors (Lipinski definition) is 8. The molecule has 1 fully saturated rings. The van der Waals surface area contributed by atoms with E-state index in [2.05, 4.69) is 20.3 Å². The number of nitrogen functional groups attached to an aromatic ring is 1. The lowest BCUT2D eigenvalue weighted by atomic mass is 10.1. The van der Waals surface area contributed by atoms with E-state index in [9.17, 15) is 15.0 Å². The number of anilines is 1. The van der Waals surface area contributed by atoms with E-state index in [1.807, 2.05) is 0 Å². The van der Waals surface area contributed by atoms with Gasteiger partial charge in [0.2, 0.25) is 0 Å². The van der Waals surface area contributed by atoms with Gasteiger partial charge in [0.1, 0.15) is 30.1 Å². The van der Waals surface area contributed by atoms with Crippen LogP contribution in [0.2, 0.25) is 5.02 Å². The zero-order valence-corrected chi connectivity index (χ0v) is 15.2. The third kappa shape index (κ3) is 3.16. The third-order valence-corrected chi connectivity index (χ3v) is 4.83. The Kier molecular flexibility index (Phi) is 4.85. The zero-order chi connectivity index (χ0) is 19.8. The molecule has 10 nitrogen and oxygen atoms in total. The van der Waals surface area contributed by atoms with Crippen molar-refractivity contribution < 1.29 is 19.7 Å². The van der Waals surface area contributed by atoms with Gasteiger partial charge < -0.3 is 26.0 Å². The molecule has 28 heavy (non-hydrogen) atoms. The van der Waals surface area contributed by atoms with Gasteiger partial charge in [-0.3, -0.25) is 9.36 Å². The number of benzene rings is 1. The van der Waals surface area contributed by atoms with Crippen molar-refractivity contribution in [2.24, 2.45) is 0 Å². The molecule has 146 valence electrons. The maximum absolute atomic E-state index is 12.7. The summed E-state index contributed by atoms with van der Waals surface area (Å²) in [5.41, 5.74) is 6.89. The van der Waals surface area contributed by atoms with Gasteiger partial charge in [-0.05, 0) is 18.2 Å². The van der Waals surface area contributed by atoms with Gasteiger partial charge in [-0.15, -0.1) is 0 Å². The molecule has 2 aromatic heterocycles. The number of aliphatic hydroxyl groups is 2. The first-order valence-corrected chi connectivity index (χ1v) is 8.81. The highest BCUT2D eigenvalue weighted by atomic mass is 35.5. The van der Waals surface area contributed by atoms with Gasteiger partial charge in [0.05, 0.1) is 12.9 Å². The highest BCUT2D eigenvalue weighted by molar-refractivity contribution is 6.30. The molecule has 0 unspecified atom stereocenters. The Hall–Kier alpha value is -2.79. The number of nitrogens with two attached hydrogens (primary N) is 1. The molecule has 0 bridgehead atoms. The Labute approximate surface area is 163 Å². The number of aromatic nitrogens is 4. The van der Waals surface area contributed by atoms with Crippen molar-refractivity contribution in [3.63, 3.8) is 0 Å². The van der Waals surface area contributed by atoms with Crippen molar-refractivity contribution in [1.29, 1.82) is 0 Å². The van der Waals surface area contributed by atoms with E-state index >= 15 is 0 Å². The zero-order valence-electron chi connectivity index (χ0n) is 14.4. The minimum atomic E-state index is -1.16.